The predicted octanol–water partition coefficient (Wildman–Crippen LogP) is 6.50. The maximum Gasteiger partial charge on any atom is 0.337 e. The maximum atomic E-state index is 12.9. The summed E-state index contributed by atoms with van der Waals surface area (Å²) in [6, 6.07) is 11.9. The highest BCUT2D eigenvalue weighted by molar-refractivity contribution is 6.01. The van der Waals surface area contributed by atoms with Crippen molar-refractivity contribution in [1.29, 1.82) is 0 Å². The van der Waals surface area contributed by atoms with Crippen molar-refractivity contribution in [3.05, 3.63) is 70.4 Å². The Labute approximate surface area is 219 Å². The molecule has 0 bridgehead atoms. The van der Waals surface area contributed by atoms with Crippen LogP contribution in [0.4, 0.5) is 21.0 Å². The van der Waals surface area contributed by atoms with Gasteiger partial charge in [0.1, 0.15) is 0 Å². The molecule has 3 rings (SSSR count). The Hall–Kier alpha value is -3.81. The number of hydrogen-bond acceptors (Lipinski definition) is 4. The molecule has 4 amide bonds. The first-order valence-electron chi connectivity index (χ1n) is 12.8. The molecule has 8 nitrogen and oxygen atoms in total. The van der Waals surface area contributed by atoms with Gasteiger partial charge in [-0.2, -0.15) is 0 Å². The number of nitrogens with zero attached hydrogens (tertiary/aromatic N) is 1. The van der Waals surface area contributed by atoms with Gasteiger partial charge in [-0.25, -0.2) is 14.4 Å². The van der Waals surface area contributed by atoms with Gasteiger partial charge in [-0.3, -0.25) is 4.90 Å². The summed E-state index contributed by atoms with van der Waals surface area (Å²) < 4.78 is 5.02. The number of carbonyl (C=O) groups is 3. The number of urea groups is 2. The van der Waals surface area contributed by atoms with Crippen LogP contribution in [0, 0.1) is 0 Å². The van der Waals surface area contributed by atoms with Crippen molar-refractivity contribution >= 4 is 29.4 Å². The number of rotatable bonds is 8. The zero-order chi connectivity index (χ0) is 27.3. The lowest BCUT2D eigenvalue weighted by atomic mass is 9.93. The van der Waals surface area contributed by atoms with Gasteiger partial charge in [0, 0.05) is 23.6 Å². The first-order chi connectivity index (χ1) is 17.6. The molecule has 0 saturated carbocycles. The van der Waals surface area contributed by atoms with Crippen LogP contribution in [0.1, 0.15) is 82.5 Å². The van der Waals surface area contributed by atoms with Gasteiger partial charge in [0.2, 0.25) is 0 Å². The van der Waals surface area contributed by atoms with Crippen LogP contribution in [0.2, 0.25) is 0 Å². The highest BCUT2D eigenvalue weighted by Gasteiger charge is 2.35. The number of carbonyl (C=O) groups excluding carboxylic acids is 3. The maximum absolute atomic E-state index is 12.9. The second-order valence-corrected chi connectivity index (χ2v) is 9.85. The minimum absolute atomic E-state index is 0.257. The molecule has 2 aromatic rings. The van der Waals surface area contributed by atoms with E-state index in [0.29, 0.717) is 29.1 Å². The lowest BCUT2D eigenvalue weighted by Crippen LogP contribution is -2.48. The molecule has 0 aliphatic carbocycles. The Morgan fingerprint density at radius 2 is 1.59 bits per heavy atom. The van der Waals surface area contributed by atoms with E-state index in [-0.39, 0.29) is 23.9 Å². The second kappa shape index (κ2) is 12.0. The summed E-state index contributed by atoms with van der Waals surface area (Å²) >= 11 is 0. The van der Waals surface area contributed by atoms with Crippen molar-refractivity contribution in [3.63, 3.8) is 0 Å². The van der Waals surface area contributed by atoms with Gasteiger partial charge >= 0.3 is 18.0 Å². The average molecular weight is 507 g/mol. The zero-order valence-corrected chi connectivity index (χ0v) is 22.8. The van der Waals surface area contributed by atoms with Gasteiger partial charge in [-0.15, -0.1) is 0 Å². The Morgan fingerprint density at radius 3 is 2.11 bits per heavy atom. The summed E-state index contributed by atoms with van der Waals surface area (Å²) in [5.74, 6) is 0.0236. The summed E-state index contributed by atoms with van der Waals surface area (Å²) in [5, 5.41) is 8.85. The van der Waals surface area contributed by atoms with E-state index in [1.807, 2.05) is 25.1 Å². The molecule has 0 radical (unpaired) electrons. The zero-order valence-electron chi connectivity index (χ0n) is 22.8. The summed E-state index contributed by atoms with van der Waals surface area (Å²) in [4.78, 5) is 39.9. The quantitative estimate of drug-likeness (QED) is 0.356. The number of nitrogens with one attached hydrogen (secondary N) is 3. The number of esters is 1. The Balaban J connectivity index is 1.83. The van der Waals surface area contributed by atoms with Crippen LogP contribution in [0.3, 0.4) is 0 Å². The van der Waals surface area contributed by atoms with Gasteiger partial charge in [0.05, 0.1) is 18.7 Å². The molecule has 1 atom stereocenters. The molecule has 1 heterocycles. The third-order valence-electron chi connectivity index (χ3n) is 6.56. The number of para-hydroxylation sites is 1. The molecular weight excluding hydrogens is 468 g/mol. The van der Waals surface area contributed by atoms with Gasteiger partial charge in [-0.05, 0) is 54.0 Å². The molecule has 198 valence electrons. The Bertz CT molecular complexity index is 1160. The van der Waals surface area contributed by atoms with Crippen LogP contribution < -0.4 is 16.0 Å². The molecular formula is C29H38N4O4. The first kappa shape index (κ1) is 27.8. The largest absolute Gasteiger partial charge is 0.466 e. The second-order valence-electron chi connectivity index (χ2n) is 9.85. The molecule has 1 aliphatic heterocycles. The molecule has 8 heteroatoms. The van der Waals surface area contributed by atoms with E-state index in [2.05, 4.69) is 43.6 Å². The number of anilines is 2. The standard InChI is InChI=1S/C29H38N4O4/c1-8-16-33-19(6)24(27(34)37-7)25(32-29(33)36)20-12-14-21(15-13-20)30-28(35)31-26-22(17(2)3)10-9-11-23(26)18(4)5/h9-15,17-18,25H,8,16H2,1-7H3,(H,32,36)(H2,30,31,35). The van der Waals surface area contributed by atoms with Gasteiger partial charge in [0.25, 0.3) is 0 Å². The van der Waals surface area contributed by atoms with Crippen molar-refractivity contribution < 1.29 is 19.1 Å². The van der Waals surface area contributed by atoms with Crippen LogP contribution in [0.15, 0.2) is 53.7 Å². The molecule has 0 fully saturated rings. The number of allylic oxidation sites excluding steroid dienone is 1. The SMILES string of the molecule is CCCN1C(=O)NC(c2ccc(NC(=O)Nc3c(C(C)C)cccc3C(C)C)cc2)C(C(=O)OC)=C1C. The monoisotopic (exact) mass is 506 g/mol. The molecule has 2 aromatic carbocycles. The van der Waals surface area contributed by atoms with E-state index in [4.69, 9.17) is 4.74 Å². The molecule has 1 aliphatic rings. The summed E-state index contributed by atoms with van der Waals surface area (Å²) in [7, 11) is 1.33. The third kappa shape index (κ3) is 6.13. The van der Waals surface area contributed by atoms with Crippen LogP contribution in [-0.2, 0) is 9.53 Å². The Kier molecular flexibility index (Phi) is 8.97. The number of methoxy groups -OCH3 is 1. The lowest BCUT2D eigenvalue weighted by molar-refractivity contribution is -0.136. The van der Waals surface area contributed by atoms with Crippen molar-refractivity contribution in [2.75, 3.05) is 24.3 Å². The predicted molar refractivity (Wildman–Crippen MR) is 147 cm³/mol. The van der Waals surface area contributed by atoms with E-state index >= 15 is 0 Å². The smallest absolute Gasteiger partial charge is 0.337 e. The van der Waals surface area contributed by atoms with E-state index in [0.717, 1.165) is 23.2 Å². The fourth-order valence-corrected chi connectivity index (χ4v) is 4.63. The summed E-state index contributed by atoms with van der Waals surface area (Å²) in [6.07, 6.45) is 0.757. The normalized spacial score (nSPS) is 15.6. The van der Waals surface area contributed by atoms with Crippen molar-refractivity contribution in [3.8, 4) is 0 Å². The summed E-state index contributed by atoms with van der Waals surface area (Å²) in [5.41, 5.74) is 5.27. The lowest BCUT2D eigenvalue weighted by Gasteiger charge is -2.35. The molecule has 0 spiro atoms. The Morgan fingerprint density at radius 1 is 1.00 bits per heavy atom. The first-order valence-corrected chi connectivity index (χ1v) is 12.8. The highest BCUT2D eigenvalue weighted by atomic mass is 16.5. The summed E-state index contributed by atoms with van der Waals surface area (Å²) in [6.45, 7) is 12.6. The van der Waals surface area contributed by atoms with E-state index < -0.39 is 12.0 Å². The topological polar surface area (TPSA) is 99.8 Å². The van der Waals surface area contributed by atoms with Crippen molar-refractivity contribution in [2.45, 2.75) is 65.8 Å². The minimum Gasteiger partial charge on any atom is -0.466 e. The fourth-order valence-electron chi connectivity index (χ4n) is 4.63. The number of hydrogen-bond donors (Lipinski definition) is 3. The average Bonchev–Trinajstić information content (AvgIpc) is 2.86. The molecule has 0 aromatic heterocycles. The third-order valence-corrected chi connectivity index (χ3v) is 6.56. The van der Waals surface area contributed by atoms with Crippen LogP contribution in [0.25, 0.3) is 0 Å². The molecule has 1 unspecified atom stereocenters. The van der Waals surface area contributed by atoms with Crippen LogP contribution >= 0.6 is 0 Å². The van der Waals surface area contributed by atoms with Crippen molar-refractivity contribution in [2.24, 2.45) is 0 Å². The van der Waals surface area contributed by atoms with Gasteiger partial charge in [-0.1, -0.05) is 65.0 Å². The molecule has 0 saturated heterocycles. The molecule has 3 N–H and O–H groups in total. The van der Waals surface area contributed by atoms with Crippen LogP contribution in [0.5, 0.6) is 0 Å². The van der Waals surface area contributed by atoms with E-state index in [1.165, 1.54) is 7.11 Å². The number of amides is 4. The highest BCUT2D eigenvalue weighted by Crippen LogP contribution is 2.34. The van der Waals surface area contributed by atoms with E-state index in [9.17, 15) is 14.4 Å². The fraction of sp³-hybridized carbons (Fsp3) is 0.414. The minimum atomic E-state index is -0.651. The number of ether oxygens (including phenoxy) is 1. The van der Waals surface area contributed by atoms with Gasteiger partial charge in [0.15, 0.2) is 0 Å². The van der Waals surface area contributed by atoms with Gasteiger partial charge < -0.3 is 20.7 Å². The van der Waals surface area contributed by atoms with E-state index in [1.54, 1.807) is 36.1 Å². The molecule has 37 heavy (non-hydrogen) atoms. The number of benzene rings is 2. The van der Waals surface area contributed by atoms with Crippen molar-refractivity contribution in [1.82, 2.24) is 10.2 Å². The van der Waals surface area contributed by atoms with Crippen LogP contribution in [-0.4, -0.2) is 36.6 Å².